The largest absolute Gasteiger partial charge is 0.384 e. The normalized spacial score (nSPS) is 11.3. The molecule has 2 aromatic heterocycles. The Kier molecular flexibility index (Phi) is 4.90. The van der Waals surface area contributed by atoms with Crippen LogP contribution in [0, 0.1) is 0 Å². The van der Waals surface area contributed by atoms with Crippen LogP contribution in [0.2, 0.25) is 0 Å². The second kappa shape index (κ2) is 7.89. The molecule has 6 nitrogen and oxygen atoms in total. The van der Waals surface area contributed by atoms with Gasteiger partial charge in [0, 0.05) is 42.5 Å². The van der Waals surface area contributed by atoms with Gasteiger partial charge in [0.25, 0.3) is 5.91 Å². The number of anilines is 2. The molecule has 0 unspecified atom stereocenters. The first-order valence-electron chi connectivity index (χ1n) is 10.7. The maximum absolute atomic E-state index is 13.2. The van der Waals surface area contributed by atoms with Crippen molar-refractivity contribution >= 4 is 50.0 Å². The van der Waals surface area contributed by atoms with Crippen LogP contribution in [0.25, 0.3) is 32.4 Å². The lowest BCUT2D eigenvalue weighted by Gasteiger charge is -2.09. The van der Waals surface area contributed by atoms with Crippen molar-refractivity contribution in [3.8, 4) is 0 Å². The van der Waals surface area contributed by atoms with Gasteiger partial charge in [-0.15, -0.1) is 0 Å². The third-order valence-corrected chi connectivity index (χ3v) is 5.95. The molecule has 0 saturated heterocycles. The molecule has 6 heteroatoms. The molecule has 32 heavy (non-hydrogen) atoms. The summed E-state index contributed by atoms with van der Waals surface area (Å²) >= 11 is 0. The molecule has 1 amide bonds. The van der Waals surface area contributed by atoms with Crippen molar-refractivity contribution in [1.82, 2.24) is 14.9 Å². The smallest absolute Gasteiger partial charge is 0.253 e. The van der Waals surface area contributed by atoms with Gasteiger partial charge in [0.1, 0.15) is 11.6 Å². The predicted octanol–water partition coefficient (Wildman–Crippen LogP) is 4.92. The average Bonchev–Trinajstić information content (AvgIpc) is 3.21. The van der Waals surface area contributed by atoms with E-state index in [1.54, 1.807) is 0 Å². The van der Waals surface area contributed by atoms with Crippen LogP contribution in [-0.4, -0.2) is 22.5 Å². The average molecular weight is 424 g/mol. The first kappa shape index (κ1) is 19.9. The van der Waals surface area contributed by atoms with E-state index in [1.807, 2.05) is 55.7 Å². The zero-order valence-electron chi connectivity index (χ0n) is 18.1. The summed E-state index contributed by atoms with van der Waals surface area (Å²) in [5.41, 5.74) is 8.73. The minimum atomic E-state index is -0.0808. The van der Waals surface area contributed by atoms with Gasteiger partial charge in [0.2, 0.25) is 0 Å². The molecule has 4 N–H and O–H groups in total. The number of carbonyl (C=O) groups excluding carboxylic acids is 1. The molecule has 0 radical (unpaired) electrons. The summed E-state index contributed by atoms with van der Waals surface area (Å²) in [6.45, 7) is 3.32. The number of aromatic nitrogens is 2. The van der Waals surface area contributed by atoms with Crippen molar-refractivity contribution in [2.24, 2.45) is 0 Å². The minimum absolute atomic E-state index is 0.0808. The Bertz CT molecular complexity index is 1480. The third kappa shape index (κ3) is 3.30. The van der Waals surface area contributed by atoms with E-state index in [2.05, 4.69) is 45.3 Å². The van der Waals surface area contributed by atoms with Gasteiger partial charge in [-0.3, -0.25) is 4.79 Å². The first-order chi connectivity index (χ1) is 15.6. The number of nitrogens with zero attached hydrogens (tertiary/aromatic N) is 2. The van der Waals surface area contributed by atoms with E-state index >= 15 is 0 Å². The molecular formula is C26H25N5O. The van der Waals surface area contributed by atoms with Gasteiger partial charge in [-0.05, 0) is 35.4 Å². The highest BCUT2D eigenvalue weighted by Gasteiger charge is 2.16. The molecule has 2 heterocycles. The molecule has 5 rings (SSSR count). The number of fused-ring (bicyclic) bond motifs is 4. The topological polar surface area (TPSA) is 85.0 Å². The lowest BCUT2D eigenvalue weighted by Crippen LogP contribution is -2.22. The number of benzene rings is 3. The highest BCUT2D eigenvalue weighted by Crippen LogP contribution is 2.30. The number of hydrogen-bond donors (Lipinski definition) is 3. The van der Waals surface area contributed by atoms with E-state index in [4.69, 9.17) is 5.73 Å². The monoisotopic (exact) mass is 423 g/mol. The van der Waals surface area contributed by atoms with E-state index in [-0.39, 0.29) is 5.91 Å². The van der Waals surface area contributed by atoms with Crippen molar-refractivity contribution < 1.29 is 4.79 Å². The fraction of sp³-hybridized carbons (Fsp3) is 0.154. The number of aryl methyl sites for hydroxylation is 1. The van der Waals surface area contributed by atoms with Gasteiger partial charge in [0.05, 0.1) is 11.1 Å². The quantitative estimate of drug-likeness (QED) is 0.375. The molecular weight excluding hydrogens is 398 g/mol. The number of carbonyl (C=O) groups is 1. The Hall–Kier alpha value is -4.06. The Labute approximate surface area is 186 Å². The summed E-state index contributed by atoms with van der Waals surface area (Å²) in [6, 6.07) is 20.3. The Morgan fingerprint density at radius 2 is 1.81 bits per heavy atom. The fourth-order valence-electron chi connectivity index (χ4n) is 4.41. The molecule has 0 fully saturated rings. The second-order valence-electron chi connectivity index (χ2n) is 7.90. The second-order valence-corrected chi connectivity index (χ2v) is 7.90. The van der Waals surface area contributed by atoms with Crippen molar-refractivity contribution in [3.05, 3.63) is 78.0 Å². The Morgan fingerprint density at radius 1 is 1.00 bits per heavy atom. The van der Waals surface area contributed by atoms with E-state index in [1.165, 1.54) is 5.39 Å². The molecule has 0 aliphatic rings. The lowest BCUT2D eigenvalue weighted by atomic mass is 10.0. The minimum Gasteiger partial charge on any atom is -0.384 e. The number of amides is 1. The number of nitrogen functional groups attached to an aromatic ring is 1. The van der Waals surface area contributed by atoms with Crippen molar-refractivity contribution in [2.45, 2.75) is 20.0 Å². The van der Waals surface area contributed by atoms with E-state index in [0.717, 1.165) is 45.0 Å². The zero-order valence-corrected chi connectivity index (χ0v) is 18.1. The fourth-order valence-corrected chi connectivity index (χ4v) is 4.41. The van der Waals surface area contributed by atoms with Gasteiger partial charge < -0.3 is 20.9 Å². The Morgan fingerprint density at radius 3 is 2.62 bits per heavy atom. The summed E-state index contributed by atoms with van der Waals surface area (Å²) in [5, 5.41) is 11.4. The van der Waals surface area contributed by atoms with Crippen LogP contribution < -0.4 is 16.4 Å². The molecule has 0 bridgehead atoms. The molecule has 160 valence electrons. The standard InChI is InChI=1S/C26H25N5O/c1-3-31-15-22(21-11-9-17-6-4-5-7-19(17)24(21)31)26(32)29-14-16-8-10-20-18(12-16)13-23(27)30-25(20)28-2/h4-13,15H,3,14H2,1-2H3,(H,29,32)(H3,27,28,30). The van der Waals surface area contributed by atoms with Crippen molar-refractivity contribution in [2.75, 3.05) is 18.1 Å². The maximum atomic E-state index is 13.2. The highest BCUT2D eigenvalue weighted by atomic mass is 16.1. The van der Waals surface area contributed by atoms with Crippen LogP contribution in [-0.2, 0) is 13.1 Å². The summed E-state index contributed by atoms with van der Waals surface area (Å²) in [7, 11) is 1.82. The first-order valence-corrected chi connectivity index (χ1v) is 10.7. The summed E-state index contributed by atoms with van der Waals surface area (Å²) in [4.78, 5) is 17.5. The van der Waals surface area contributed by atoms with Crippen LogP contribution in [0.15, 0.2) is 66.9 Å². The van der Waals surface area contributed by atoms with Crippen LogP contribution >= 0.6 is 0 Å². The predicted molar refractivity (Wildman–Crippen MR) is 132 cm³/mol. The van der Waals surface area contributed by atoms with Gasteiger partial charge in [-0.1, -0.05) is 48.5 Å². The van der Waals surface area contributed by atoms with Crippen molar-refractivity contribution in [1.29, 1.82) is 0 Å². The van der Waals surface area contributed by atoms with Crippen LogP contribution in [0.4, 0.5) is 11.6 Å². The van der Waals surface area contributed by atoms with Crippen LogP contribution in [0.3, 0.4) is 0 Å². The summed E-state index contributed by atoms with van der Waals surface area (Å²) in [5.74, 6) is 1.13. The summed E-state index contributed by atoms with van der Waals surface area (Å²) in [6.07, 6.45) is 1.96. The number of rotatable bonds is 5. The molecule has 0 atom stereocenters. The number of nitrogens with two attached hydrogens (primary N) is 1. The molecule has 0 spiro atoms. The molecule has 0 aliphatic heterocycles. The van der Waals surface area contributed by atoms with E-state index in [9.17, 15) is 4.79 Å². The van der Waals surface area contributed by atoms with Crippen LogP contribution in [0.1, 0.15) is 22.8 Å². The molecule has 5 aromatic rings. The van der Waals surface area contributed by atoms with Gasteiger partial charge in [-0.2, -0.15) is 0 Å². The molecule has 0 saturated carbocycles. The highest BCUT2D eigenvalue weighted by molar-refractivity contribution is 6.14. The third-order valence-electron chi connectivity index (χ3n) is 5.95. The lowest BCUT2D eigenvalue weighted by molar-refractivity contribution is 0.0952. The molecule has 0 aliphatic carbocycles. The summed E-state index contributed by atoms with van der Waals surface area (Å²) < 4.78 is 2.15. The van der Waals surface area contributed by atoms with Gasteiger partial charge >= 0.3 is 0 Å². The van der Waals surface area contributed by atoms with Crippen molar-refractivity contribution in [3.63, 3.8) is 0 Å². The number of hydrogen-bond acceptors (Lipinski definition) is 4. The van der Waals surface area contributed by atoms with Crippen LogP contribution in [0.5, 0.6) is 0 Å². The van der Waals surface area contributed by atoms with E-state index < -0.39 is 0 Å². The number of nitrogens with one attached hydrogen (secondary N) is 2. The van der Waals surface area contributed by atoms with Gasteiger partial charge in [0.15, 0.2) is 0 Å². The SMILES string of the molecule is CCn1cc(C(=O)NCc2ccc3c(NC)nc(N)cc3c2)c2ccc3ccccc3c21. The van der Waals surface area contributed by atoms with E-state index in [0.29, 0.717) is 17.9 Å². The number of pyridine rings is 1. The zero-order chi connectivity index (χ0) is 22.2. The molecule has 3 aromatic carbocycles. The Balaban J connectivity index is 1.46. The maximum Gasteiger partial charge on any atom is 0.253 e. The van der Waals surface area contributed by atoms with Gasteiger partial charge in [-0.25, -0.2) is 4.98 Å².